The molecule has 0 bridgehead atoms. The molecule has 1 aliphatic rings. The summed E-state index contributed by atoms with van der Waals surface area (Å²) in [7, 11) is 0. The Kier molecular flexibility index (Phi) is 4.23. The number of nitriles is 1. The Morgan fingerprint density at radius 2 is 2.21 bits per heavy atom. The fourth-order valence-electron chi connectivity index (χ4n) is 3.54. The Labute approximate surface area is 146 Å². The lowest BCUT2D eigenvalue weighted by Crippen LogP contribution is -2.25. The van der Waals surface area contributed by atoms with Gasteiger partial charge >= 0.3 is 5.97 Å². The normalized spacial score (nSPS) is 19.6. The molecular weight excluding hydrogens is 318 g/mol. The molecule has 4 heteroatoms. The van der Waals surface area contributed by atoms with Gasteiger partial charge in [-0.25, -0.2) is 4.79 Å². The van der Waals surface area contributed by atoms with E-state index in [0.717, 1.165) is 47.3 Å². The van der Waals surface area contributed by atoms with Gasteiger partial charge in [-0.3, -0.25) is 0 Å². The minimum atomic E-state index is -0.841. The molecule has 1 unspecified atom stereocenters. The Morgan fingerprint density at radius 3 is 2.79 bits per heavy atom. The maximum atomic E-state index is 12.0. The minimum Gasteiger partial charge on any atom is -0.478 e. The van der Waals surface area contributed by atoms with Gasteiger partial charge < -0.3 is 5.11 Å². The first-order valence-electron chi connectivity index (χ1n) is 8.27. The Hall–Kier alpha value is -2.12. The van der Waals surface area contributed by atoms with Crippen LogP contribution in [0.25, 0.3) is 10.4 Å². The average molecular weight is 339 g/mol. The van der Waals surface area contributed by atoms with E-state index in [0.29, 0.717) is 11.1 Å². The number of hydrogen-bond donors (Lipinski definition) is 1. The van der Waals surface area contributed by atoms with E-state index in [-0.39, 0.29) is 5.41 Å². The lowest BCUT2D eigenvalue weighted by Gasteiger charge is -2.32. The standard InChI is InChI=1S/C20H21NO2S/c1-4-20(3)8-7-16-15(10-20)17(19(22)23)18(24-16)14-6-5-13(11-21)9-12(14)2/h5-6,9H,4,7-8,10H2,1-3H3,(H,22,23). The maximum Gasteiger partial charge on any atom is 0.337 e. The maximum absolute atomic E-state index is 12.0. The van der Waals surface area contributed by atoms with Gasteiger partial charge in [0, 0.05) is 9.75 Å². The average Bonchev–Trinajstić information content (AvgIpc) is 2.92. The first-order valence-corrected chi connectivity index (χ1v) is 9.09. The summed E-state index contributed by atoms with van der Waals surface area (Å²) in [6.07, 6.45) is 3.97. The Bertz CT molecular complexity index is 859. The fraction of sp³-hybridized carbons (Fsp3) is 0.400. The van der Waals surface area contributed by atoms with Gasteiger partial charge in [0.15, 0.2) is 0 Å². The number of carboxylic acids is 1. The van der Waals surface area contributed by atoms with E-state index in [9.17, 15) is 9.90 Å². The summed E-state index contributed by atoms with van der Waals surface area (Å²) in [6, 6.07) is 7.62. The molecule has 1 N–H and O–H groups in total. The molecule has 3 rings (SSSR count). The molecule has 0 radical (unpaired) electrons. The van der Waals surface area contributed by atoms with Crippen molar-refractivity contribution in [2.24, 2.45) is 5.41 Å². The van der Waals surface area contributed by atoms with Crippen molar-refractivity contribution in [1.29, 1.82) is 5.26 Å². The Morgan fingerprint density at radius 1 is 1.46 bits per heavy atom. The summed E-state index contributed by atoms with van der Waals surface area (Å²) in [4.78, 5) is 14.1. The first kappa shape index (κ1) is 16.7. The van der Waals surface area contributed by atoms with Gasteiger partial charge in [0.25, 0.3) is 0 Å². The number of carbonyl (C=O) groups is 1. The third kappa shape index (κ3) is 2.74. The molecule has 124 valence electrons. The summed E-state index contributed by atoms with van der Waals surface area (Å²) in [6.45, 7) is 6.38. The summed E-state index contributed by atoms with van der Waals surface area (Å²) >= 11 is 1.62. The van der Waals surface area contributed by atoms with E-state index in [4.69, 9.17) is 5.26 Å². The number of aromatic carboxylic acids is 1. The smallest absolute Gasteiger partial charge is 0.337 e. The van der Waals surface area contributed by atoms with Gasteiger partial charge in [0.2, 0.25) is 0 Å². The summed E-state index contributed by atoms with van der Waals surface area (Å²) in [5.74, 6) is -0.841. The van der Waals surface area contributed by atoms with Crippen molar-refractivity contribution in [3.05, 3.63) is 45.3 Å². The minimum absolute atomic E-state index is 0.190. The molecule has 1 atom stereocenters. The monoisotopic (exact) mass is 339 g/mol. The van der Waals surface area contributed by atoms with Gasteiger partial charge in [-0.1, -0.05) is 26.3 Å². The molecule has 0 aliphatic heterocycles. The number of fused-ring (bicyclic) bond motifs is 1. The second kappa shape index (κ2) is 6.07. The molecule has 1 heterocycles. The van der Waals surface area contributed by atoms with E-state index in [1.165, 1.54) is 4.88 Å². The van der Waals surface area contributed by atoms with Gasteiger partial charge in [-0.2, -0.15) is 5.26 Å². The van der Waals surface area contributed by atoms with Crippen LogP contribution in [0, 0.1) is 23.7 Å². The summed E-state index contributed by atoms with van der Waals surface area (Å²) in [5.41, 5.74) is 4.18. The molecule has 1 aliphatic carbocycles. The topological polar surface area (TPSA) is 61.1 Å². The number of thiophene rings is 1. The molecule has 0 saturated heterocycles. The highest BCUT2D eigenvalue weighted by atomic mass is 32.1. The lowest BCUT2D eigenvalue weighted by atomic mass is 9.72. The number of carboxylic acid groups (broad SMARTS) is 1. The number of benzene rings is 1. The van der Waals surface area contributed by atoms with Gasteiger partial charge in [-0.15, -0.1) is 11.3 Å². The van der Waals surface area contributed by atoms with Crippen LogP contribution in [0.15, 0.2) is 18.2 Å². The molecule has 2 aromatic rings. The van der Waals surface area contributed by atoms with Crippen LogP contribution >= 0.6 is 11.3 Å². The van der Waals surface area contributed by atoms with Crippen molar-refractivity contribution in [3.8, 4) is 16.5 Å². The van der Waals surface area contributed by atoms with Crippen LogP contribution < -0.4 is 0 Å². The molecule has 1 aromatic carbocycles. The predicted octanol–water partition coefficient (Wildman–Crippen LogP) is 5.20. The zero-order valence-corrected chi connectivity index (χ0v) is 15.1. The quantitative estimate of drug-likeness (QED) is 0.836. The van der Waals surface area contributed by atoms with Crippen molar-refractivity contribution in [2.75, 3.05) is 0 Å². The van der Waals surface area contributed by atoms with Crippen LogP contribution in [0.5, 0.6) is 0 Å². The summed E-state index contributed by atoms with van der Waals surface area (Å²) in [5, 5.41) is 18.9. The highest BCUT2D eigenvalue weighted by Crippen LogP contribution is 2.46. The molecule has 0 fully saturated rings. The molecular formula is C20H21NO2S. The van der Waals surface area contributed by atoms with Crippen molar-refractivity contribution < 1.29 is 9.90 Å². The number of hydrogen-bond acceptors (Lipinski definition) is 3. The van der Waals surface area contributed by atoms with Crippen LogP contribution in [0.4, 0.5) is 0 Å². The lowest BCUT2D eigenvalue weighted by molar-refractivity contribution is 0.0696. The zero-order chi connectivity index (χ0) is 17.5. The number of aryl methyl sites for hydroxylation is 2. The van der Waals surface area contributed by atoms with Crippen molar-refractivity contribution in [2.45, 2.75) is 46.5 Å². The van der Waals surface area contributed by atoms with E-state index >= 15 is 0 Å². The van der Waals surface area contributed by atoms with Gasteiger partial charge in [0.1, 0.15) is 0 Å². The van der Waals surface area contributed by atoms with Crippen molar-refractivity contribution in [1.82, 2.24) is 0 Å². The van der Waals surface area contributed by atoms with E-state index in [1.54, 1.807) is 17.4 Å². The zero-order valence-electron chi connectivity index (χ0n) is 14.3. The molecule has 0 spiro atoms. The van der Waals surface area contributed by atoms with Gasteiger partial charge in [0.05, 0.1) is 17.2 Å². The van der Waals surface area contributed by atoms with Crippen LogP contribution in [-0.4, -0.2) is 11.1 Å². The van der Waals surface area contributed by atoms with Crippen LogP contribution in [0.2, 0.25) is 0 Å². The molecule has 0 saturated carbocycles. The van der Waals surface area contributed by atoms with Crippen molar-refractivity contribution in [3.63, 3.8) is 0 Å². The van der Waals surface area contributed by atoms with Crippen LogP contribution in [-0.2, 0) is 12.8 Å². The second-order valence-corrected chi connectivity index (χ2v) is 8.10. The number of rotatable bonds is 3. The second-order valence-electron chi connectivity index (χ2n) is 7.00. The van der Waals surface area contributed by atoms with Crippen LogP contribution in [0.1, 0.15) is 58.6 Å². The SMILES string of the molecule is CCC1(C)CCc2sc(-c3ccc(C#N)cc3C)c(C(=O)O)c2C1. The third-order valence-electron chi connectivity index (χ3n) is 5.32. The first-order chi connectivity index (χ1) is 11.4. The van der Waals surface area contributed by atoms with Crippen LogP contribution in [0.3, 0.4) is 0 Å². The van der Waals surface area contributed by atoms with E-state index < -0.39 is 5.97 Å². The van der Waals surface area contributed by atoms with E-state index in [2.05, 4.69) is 19.9 Å². The third-order valence-corrected chi connectivity index (χ3v) is 6.64. The fourth-order valence-corrected chi connectivity index (χ4v) is 4.94. The highest BCUT2D eigenvalue weighted by molar-refractivity contribution is 7.16. The van der Waals surface area contributed by atoms with Crippen molar-refractivity contribution >= 4 is 17.3 Å². The largest absolute Gasteiger partial charge is 0.478 e. The molecule has 24 heavy (non-hydrogen) atoms. The molecule has 1 aromatic heterocycles. The van der Waals surface area contributed by atoms with E-state index in [1.807, 2.05) is 19.1 Å². The molecule has 3 nitrogen and oxygen atoms in total. The Balaban J connectivity index is 2.18. The number of nitrogens with zero attached hydrogens (tertiary/aromatic N) is 1. The van der Waals surface area contributed by atoms with Gasteiger partial charge in [-0.05, 0) is 60.4 Å². The summed E-state index contributed by atoms with van der Waals surface area (Å²) < 4.78 is 0. The molecule has 0 amide bonds. The highest BCUT2D eigenvalue weighted by Gasteiger charge is 2.34. The predicted molar refractivity (Wildman–Crippen MR) is 96.6 cm³/mol.